The Hall–Kier alpha value is 1.87. The Labute approximate surface area is 121 Å². The molecule has 0 radical (unpaired) electrons. The molecule has 1 unspecified atom stereocenters. The summed E-state index contributed by atoms with van der Waals surface area (Å²) in [6.45, 7) is 16.8. The van der Waals surface area contributed by atoms with Crippen molar-refractivity contribution < 1.29 is 55.9 Å². The van der Waals surface area contributed by atoms with Crippen molar-refractivity contribution in [1.29, 1.82) is 0 Å². The van der Waals surface area contributed by atoms with Gasteiger partial charge in [0.2, 0.25) is 0 Å². The van der Waals surface area contributed by atoms with Gasteiger partial charge in [0.25, 0.3) is 0 Å². The monoisotopic (exact) mass is 215 g/mol. The zero-order chi connectivity index (χ0) is 9.65. The third-order valence-electron chi connectivity index (χ3n) is 1.09. The Balaban J connectivity index is -0.000000142. The number of rotatable bonds is 1. The molecule has 0 amide bonds. The summed E-state index contributed by atoms with van der Waals surface area (Å²) in [4.78, 5) is 0. The van der Waals surface area contributed by atoms with E-state index in [1.807, 2.05) is 13.8 Å². The minimum absolute atomic E-state index is 0. The minimum Gasteiger partial charge on any atom is -0.358 e. The van der Waals surface area contributed by atoms with E-state index in [0.29, 0.717) is 5.92 Å². The fourth-order valence-corrected chi connectivity index (χ4v) is 0. The molecule has 0 aromatic carbocycles. The molecule has 0 rings (SSSR count). The standard InChI is InChI=1S/C5H12OP.C4H9.K/c1-5(2)7(3,4)6;1-4(2)3;/h5H,3H2,1-2,4H3;4H,1H2,2-3H3;/q2*-1;+1. The first-order chi connectivity index (χ1) is 4.68. The summed E-state index contributed by atoms with van der Waals surface area (Å²) in [5.74, 6) is 0.583. The topological polar surface area (TPSA) is 17.1 Å². The zero-order valence-electron chi connectivity index (χ0n) is 9.42. The third-order valence-corrected chi connectivity index (χ3v) is 3.28. The van der Waals surface area contributed by atoms with E-state index in [9.17, 15) is 4.57 Å². The van der Waals surface area contributed by atoms with Gasteiger partial charge in [-0.3, -0.25) is 6.66 Å². The maximum absolute atomic E-state index is 10.8. The van der Waals surface area contributed by atoms with Gasteiger partial charge in [-0.05, 0) is 19.5 Å². The van der Waals surface area contributed by atoms with Crippen molar-refractivity contribution in [2.75, 3.05) is 6.66 Å². The summed E-state index contributed by atoms with van der Waals surface area (Å²) in [5, 5.41) is 0. The Bertz CT molecular complexity index is 124. The van der Waals surface area contributed by atoms with Gasteiger partial charge < -0.3 is 11.5 Å². The largest absolute Gasteiger partial charge is 1.00 e. The molecule has 0 N–H and O–H groups in total. The third kappa shape index (κ3) is 22.6. The Morgan fingerprint density at radius 3 is 1.25 bits per heavy atom. The average molecular weight is 215 g/mol. The van der Waals surface area contributed by atoms with Crippen LogP contribution in [-0.2, 0) is 4.57 Å². The van der Waals surface area contributed by atoms with Crippen LogP contribution in [-0.4, -0.2) is 12.3 Å². The van der Waals surface area contributed by atoms with Crippen LogP contribution in [0.25, 0.3) is 0 Å². The fourth-order valence-electron chi connectivity index (χ4n) is 0. The molecule has 0 saturated carbocycles. The summed E-state index contributed by atoms with van der Waals surface area (Å²) in [6, 6.07) is 0. The Morgan fingerprint density at radius 1 is 1.17 bits per heavy atom. The average Bonchev–Trinajstić information content (AvgIpc) is 1.59. The van der Waals surface area contributed by atoms with Gasteiger partial charge in [0.15, 0.2) is 0 Å². The SMILES string of the molecule is [CH2-]C(C)C.[CH2-]P(C)(=O)C(C)C.[K+]. The molecule has 0 aromatic heterocycles. The Kier molecular flexibility index (Phi) is 15.3. The normalized spacial score (nSPS) is 14.4. The molecule has 0 aromatic rings. The summed E-state index contributed by atoms with van der Waals surface area (Å²) >= 11 is 0. The minimum atomic E-state index is -1.99. The second-order valence-corrected chi connectivity index (χ2v) is 7.04. The van der Waals surface area contributed by atoms with Crippen LogP contribution in [0, 0.1) is 19.5 Å². The second kappa shape index (κ2) is 9.42. The molecule has 0 aliphatic rings. The van der Waals surface area contributed by atoms with Crippen molar-refractivity contribution in [3.8, 4) is 0 Å². The molecule has 3 heteroatoms. The zero-order valence-corrected chi connectivity index (χ0v) is 13.4. The predicted octanol–water partition coefficient (Wildman–Crippen LogP) is 0.660. The first-order valence-electron chi connectivity index (χ1n) is 3.92. The van der Waals surface area contributed by atoms with Gasteiger partial charge in [-0.15, -0.1) is 0 Å². The smallest absolute Gasteiger partial charge is 0.358 e. The van der Waals surface area contributed by atoms with Crippen LogP contribution >= 0.6 is 7.14 Å². The summed E-state index contributed by atoms with van der Waals surface area (Å²) < 4.78 is 10.8. The van der Waals surface area contributed by atoms with E-state index in [1.54, 1.807) is 6.66 Å². The van der Waals surface area contributed by atoms with Crippen molar-refractivity contribution in [3.05, 3.63) is 13.6 Å². The van der Waals surface area contributed by atoms with Crippen molar-refractivity contribution in [2.24, 2.45) is 5.92 Å². The molecule has 1 nitrogen and oxygen atoms in total. The predicted molar refractivity (Wildman–Crippen MR) is 54.2 cm³/mol. The molecule has 1 atom stereocenters. The Morgan fingerprint density at radius 2 is 1.25 bits per heavy atom. The fraction of sp³-hybridized carbons (Fsp3) is 0.778. The molecule has 12 heavy (non-hydrogen) atoms. The van der Waals surface area contributed by atoms with Gasteiger partial charge in [0.05, 0.1) is 0 Å². The van der Waals surface area contributed by atoms with Crippen LogP contribution < -0.4 is 51.4 Å². The van der Waals surface area contributed by atoms with E-state index in [1.165, 1.54) is 0 Å². The van der Waals surface area contributed by atoms with Crippen molar-refractivity contribution >= 4 is 7.14 Å². The van der Waals surface area contributed by atoms with Gasteiger partial charge >= 0.3 is 51.4 Å². The summed E-state index contributed by atoms with van der Waals surface area (Å²) in [7, 11) is -1.99. The van der Waals surface area contributed by atoms with E-state index >= 15 is 0 Å². The van der Waals surface area contributed by atoms with Gasteiger partial charge in [-0.1, -0.05) is 27.7 Å². The first-order valence-corrected chi connectivity index (χ1v) is 6.33. The van der Waals surface area contributed by atoms with E-state index in [2.05, 4.69) is 27.4 Å². The number of hydrogen-bond donors (Lipinski definition) is 0. The van der Waals surface area contributed by atoms with Gasteiger partial charge in [0.1, 0.15) is 0 Å². The molecule has 0 spiro atoms. The van der Waals surface area contributed by atoms with Gasteiger partial charge in [-0.2, -0.15) is 5.92 Å². The van der Waals surface area contributed by atoms with E-state index in [0.717, 1.165) is 0 Å². The molecule has 0 saturated heterocycles. The maximum atomic E-state index is 10.8. The van der Waals surface area contributed by atoms with Gasteiger partial charge in [0, 0.05) is 0 Å². The molecule has 0 aliphatic heterocycles. The van der Waals surface area contributed by atoms with Crippen molar-refractivity contribution in [2.45, 2.75) is 33.4 Å². The number of hydrogen-bond acceptors (Lipinski definition) is 1. The van der Waals surface area contributed by atoms with Crippen LogP contribution in [0.15, 0.2) is 0 Å². The summed E-state index contributed by atoms with van der Waals surface area (Å²) in [6.07, 6.45) is 0. The first kappa shape index (κ1) is 19.4. The second-order valence-electron chi connectivity index (χ2n) is 3.66. The molecular weight excluding hydrogens is 194 g/mol. The molecule has 0 heterocycles. The van der Waals surface area contributed by atoms with Crippen LogP contribution in [0.3, 0.4) is 0 Å². The van der Waals surface area contributed by atoms with E-state index in [-0.39, 0.29) is 57.0 Å². The van der Waals surface area contributed by atoms with E-state index in [4.69, 9.17) is 0 Å². The van der Waals surface area contributed by atoms with E-state index < -0.39 is 7.14 Å². The molecule has 0 aliphatic carbocycles. The van der Waals surface area contributed by atoms with Crippen LogP contribution in [0.1, 0.15) is 27.7 Å². The van der Waals surface area contributed by atoms with Crippen LogP contribution in [0.5, 0.6) is 0 Å². The molecular formula is C9H21KOP-. The summed E-state index contributed by atoms with van der Waals surface area (Å²) in [5.41, 5.74) is 0.243. The molecule has 0 fully saturated rings. The quantitative estimate of drug-likeness (QED) is 0.357. The maximum Gasteiger partial charge on any atom is 1.00 e. The van der Waals surface area contributed by atoms with Crippen molar-refractivity contribution in [3.63, 3.8) is 0 Å². The van der Waals surface area contributed by atoms with Crippen LogP contribution in [0.2, 0.25) is 0 Å². The van der Waals surface area contributed by atoms with Crippen LogP contribution in [0.4, 0.5) is 0 Å². The van der Waals surface area contributed by atoms with Gasteiger partial charge in [-0.25, -0.2) is 0 Å². The molecule has 0 bridgehead atoms. The van der Waals surface area contributed by atoms with Crippen molar-refractivity contribution in [1.82, 2.24) is 0 Å². The molecule has 70 valence electrons.